The van der Waals surface area contributed by atoms with Crippen LogP contribution >= 0.6 is 34.8 Å². The highest BCUT2D eigenvalue weighted by molar-refractivity contribution is 6.39. The van der Waals surface area contributed by atoms with Gasteiger partial charge in [0, 0.05) is 28.7 Å². The number of rotatable bonds is 6. The average molecular weight is 567 g/mol. The predicted molar refractivity (Wildman–Crippen MR) is 148 cm³/mol. The molecule has 38 heavy (non-hydrogen) atoms. The van der Waals surface area contributed by atoms with Gasteiger partial charge in [0.2, 0.25) is 0 Å². The van der Waals surface area contributed by atoms with Gasteiger partial charge < -0.3 is 14.0 Å². The molecule has 1 fully saturated rings. The molecule has 0 amide bonds. The second-order valence-corrected chi connectivity index (χ2v) is 10.2. The molecule has 0 atom stereocenters. The van der Waals surface area contributed by atoms with Gasteiger partial charge in [-0.2, -0.15) is 0 Å². The zero-order valence-corrected chi connectivity index (χ0v) is 22.9. The SMILES string of the molecule is COC(=O)c1cc(C)cc(C#Cc2ccc(OCc3c(-c4c(Cl)cccc4Cl)noc3C3CC3)cc2Cl)c1. The van der Waals surface area contributed by atoms with E-state index in [1.165, 1.54) is 7.11 Å². The van der Waals surface area contributed by atoms with Gasteiger partial charge in [0.05, 0.1) is 33.3 Å². The number of methoxy groups -OCH3 is 1. The van der Waals surface area contributed by atoms with Crippen LogP contribution in [0, 0.1) is 18.8 Å². The van der Waals surface area contributed by atoms with Gasteiger partial charge in [-0.15, -0.1) is 0 Å². The molecule has 0 aliphatic heterocycles. The molecular formula is C30H22Cl3NO4. The van der Waals surface area contributed by atoms with E-state index in [0.29, 0.717) is 54.7 Å². The van der Waals surface area contributed by atoms with E-state index in [9.17, 15) is 4.79 Å². The number of nitrogens with zero attached hydrogens (tertiary/aromatic N) is 1. The number of esters is 1. The van der Waals surface area contributed by atoms with E-state index in [1.54, 1.807) is 48.5 Å². The van der Waals surface area contributed by atoms with E-state index in [0.717, 1.165) is 29.7 Å². The molecule has 1 aliphatic rings. The molecule has 1 aromatic heterocycles. The summed E-state index contributed by atoms with van der Waals surface area (Å²) in [5.41, 5.74) is 4.70. The van der Waals surface area contributed by atoms with Crippen LogP contribution in [0.15, 0.2) is 59.1 Å². The quantitative estimate of drug-likeness (QED) is 0.174. The third-order valence-electron chi connectivity index (χ3n) is 6.13. The van der Waals surface area contributed by atoms with Crippen molar-refractivity contribution in [3.05, 3.63) is 103 Å². The molecule has 0 radical (unpaired) electrons. The van der Waals surface area contributed by atoms with Gasteiger partial charge in [-0.25, -0.2) is 4.79 Å². The Morgan fingerprint density at radius 3 is 2.47 bits per heavy atom. The summed E-state index contributed by atoms with van der Waals surface area (Å²) in [5.74, 6) is 7.42. The fourth-order valence-electron chi connectivity index (χ4n) is 4.12. The molecule has 0 spiro atoms. The molecule has 8 heteroatoms. The highest BCUT2D eigenvalue weighted by Gasteiger charge is 2.33. The third kappa shape index (κ3) is 5.68. The van der Waals surface area contributed by atoms with Gasteiger partial charge in [-0.05, 0) is 67.8 Å². The molecule has 4 aromatic rings. The molecule has 0 N–H and O–H groups in total. The Kier molecular flexibility index (Phi) is 7.67. The van der Waals surface area contributed by atoms with Gasteiger partial charge >= 0.3 is 5.97 Å². The fourth-order valence-corrected chi connectivity index (χ4v) is 4.92. The van der Waals surface area contributed by atoms with Crippen LogP contribution < -0.4 is 4.74 Å². The van der Waals surface area contributed by atoms with Gasteiger partial charge in [-0.3, -0.25) is 0 Å². The summed E-state index contributed by atoms with van der Waals surface area (Å²) >= 11 is 19.4. The summed E-state index contributed by atoms with van der Waals surface area (Å²) in [6.07, 6.45) is 2.08. The fraction of sp³-hybridized carbons (Fsp3) is 0.200. The molecule has 192 valence electrons. The molecule has 3 aromatic carbocycles. The number of carbonyl (C=O) groups excluding carboxylic acids is 1. The Hall–Kier alpha value is -3.43. The van der Waals surface area contributed by atoms with Crippen LogP contribution in [0.1, 0.15) is 57.1 Å². The third-order valence-corrected chi connectivity index (χ3v) is 7.07. The van der Waals surface area contributed by atoms with Gasteiger partial charge in [0.25, 0.3) is 0 Å². The zero-order valence-electron chi connectivity index (χ0n) is 20.6. The van der Waals surface area contributed by atoms with Crippen LogP contribution in [0.2, 0.25) is 15.1 Å². The summed E-state index contributed by atoms with van der Waals surface area (Å²) in [6.45, 7) is 2.11. The lowest BCUT2D eigenvalue weighted by atomic mass is 10.0. The maximum absolute atomic E-state index is 11.9. The number of ether oxygens (including phenoxy) is 2. The van der Waals surface area contributed by atoms with Crippen molar-refractivity contribution in [3.63, 3.8) is 0 Å². The lowest BCUT2D eigenvalue weighted by Crippen LogP contribution is -2.02. The van der Waals surface area contributed by atoms with Crippen molar-refractivity contribution < 1.29 is 18.8 Å². The van der Waals surface area contributed by atoms with Gasteiger partial charge in [0.15, 0.2) is 0 Å². The molecule has 1 saturated carbocycles. The summed E-state index contributed by atoms with van der Waals surface area (Å²) < 4.78 is 16.6. The van der Waals surface area contributed by atoms with Crippen molar-refractivity contribution in [1.29, 1.82) is 0 Å². The van der Waals surface area contributed by atoms with Crippen molar-refractivity contribution >= 4 is 40.8 Å². The maximum atomic E-state index is 11.9. The van der Waals surface area contributed by atoms with Gasteiger partial charge in [-0.1, -0.05) is 57.9 Å². The number of halogens is 3. The van der Waals surface area contributed by atoms with E-state index in [1.807, 2.05) is 13.0 Å². The lowest BCUT2D eigenvalue weighted by molar-refractivity contribution is 0.0600. The molecule has 1 aliphatic carbocycles. The average Bonchev–Trinajstić information content (AvgIpc) is 3.66. The Morgan fingerprint density at radius 1 is 1.03 bits per heavy atom. The Balaban J connectivity index is 1.37. The highest BCUT2D eigenvalue weighted by atomic mass is 35.5. The number of carbonyl (C=O) groups is 1. The molecule has 0 unspecified atom stereocenters. The second kappa shape index (κ2) is 11.1. The van der Waals surface area contributed by atoms with Crippen LogP contribution in [0.25, 0.3) is 11.3 Å². The number of aryl methyl sites for hydroxylation is 1. The Morgan fingerprint density at radius 2 is 1.79 bits per heavy atom. The first-order chi connectivity index (χ1) is 18.3. The summed E-state index contributed by atoms with van der Waals surface area (Å²) in [6, 6.07) is 16.0. The monoisotopic (exact) mass is 565 g/mol. The normalized spacial score (nSPS) is 12.6. The Labute approximate surface area is 235 Å². The summed E-state index contributed by atoms with van der Waals surface area (Å²) in [4.78, 5) is 11.9. The van der Waals surface area contributed by atoms with E-state index in [2.05, 4.69) is 17.0 Å². The van der Waals surface area contributed by atoms with Crippen molar-refractivity contribution in [2.45, 2.75) is 32.3 Å². The van der Waals surface area contributed by atoms with Crippen LogP contribution in [-0.2, 0) is 11.3 Å². The van der Waals surface area contributed by atoms with E-state index in [4.69, 9.17) is 48.8 Å². The largest absolute Gasteiger partial charge is 0.489 e. The van der Waals surface area contributed by atoms with Crippen LogP contribution in [-0.4, -0.2) is 18.2 Å². The first kappa shape index (κ1) is 26.2. The lowest BCUT2D eigenvalue weighted by Gasteiger charge is -2.10. The minimum absolute atomic E-state index is 0.215. The predicted octanol–water partition coefficient (Wildman–Crippen LogP) is 8.25. The molecule has 0 bridgehead atoms. The maximum Gasteiger partial charge on any atom is 0.337 e. The number of hydrogen-bond donors (Lipinski definition) is 0. The van der Waals surface area contributed by atoms with Crippen LogP contribution in [0.4, 0.5) is 0 Å². The topological polar surface area (TPSA) is 61.6 Å². The van der Waals surface area contributed by atoms with Crippen molar-refractivity contribution in [2.24, 2.45) is 0 Å². The first-order valence-electron chi connectivity index (χ1n) is 11.9. The minimum atomic E-state index is -0.408. The number of hydrogen-bond acceptors (Lipinski definition) is 5. The van der Waals surface area contributed by atoms with Gasteiger partial charge in [0.1, 0.15) is 23.8 Å². The number of benzene rings is 3. The van der Waals surface area contributed by atoms with Crippen molar-refractivity contribution in [3.8, 4) is 28.8 Å². The van der Waals surface area contributed by atoms with Crippen LogP contribution in [0.3, 0.4) is 0 Å². The molecule has 5 rings (SSSR count). The standard InChI is InChI=1S/C30H22Cl3NO4/c1-17-12-18(14-21(13-17)30(35)36-2)6-7-19-10-11-22(15-26(19)33)37-16-23-28(34-38-29(23)20-8-9-20)27-24(31)4-3-5-25(27)32/h3-5,10-15,20H,8-9,16H2,1-2H3. The van der Waals surface area contributed by atoms with E-state index < -0.39 is 5.97 Å². The summed E-state index contributed by atoms with van der Waals surface area (Å²) in [5, 5.41) is 5.73. The molecule has 1 heterocycles. The van der Waals surface area contributed by atoms with Crippen LogP contribution in [0.5, 0.6) is 5.75 Å². The number of aromatic nitrogens is 1. The first-order valence-corrected chi connectivity index (χ1v) is 13.0. The Bertz CT molecular complexity index is 1570. The molecule has 5 nitrogen and oxygen atoms in total. The van der Waals surface area contributed by atoms with E-state index in [-0.39, 0.29) is 6.61 Å². The molecular weight excluding hydrogens is 545 g/mol. The molecule has 0 saturated heterocycles. The van der Waals surface area contributed by atoms with E-state index >= 15 is 0 Å². The zero-order chi connectivity index (χ0) is 26.8. The van der Waals surface area contributed by atoms with Crippen molar-refractivity contribution in [2.75, 3.05) is 7.11 Å². The summed E-state index contributed by atoms with van der Waals surface area (Å²) in [7, 11) is 1.35. The highest BCUT2D eigenvalue weighted by Crippen LogP contribution is 2.46. The minimum Gasteiger partial charge on any atom is -0.489 e. The smallest absolute Gasteiger partial charge is 0.337 e. The second-order valence-electron chi connectivity index (χ2n) is 9.00. The van der Waals surface area contributed by atoms with Crippen molar-refractivity contribution in [1.82, 2.24) is 5.16 Å².